The molecule has 1 aromatic carbocycles. The smallest absolute Gasteiger partial charge is 0.126 e. The fourth-order valence-corrected chi connectivity index (χ4v) is 1.88. The average Bonchev–Trinajstić information content (AvgIpc) is 2.47. The third kappa shape index (κ3) is 2.60. The second-order valence-electron chi connectivity index (χ2n) is 4.47. The Bertz CT molecular complexity index is 367. The Morgan fingerprint density at radius 3 is 3.00 bits per heavy atom. The maximum absolute atomic E-state index is 13.4. The van der Waals surface area contributed by atoms with Crippen molar-refractivity contribution < 1.29 is 9.13 Å². The van der Waals surface area contributed by atoms with Gasteiger partial charge in [-0.05, 0) is 37.5 Å². The molecule has 88 valence electrons. The number of benzene rings is 1. The summed E-state index contributed by atoms with van der Waals surface area (Å²) in [4.78, 5) is 0. The maximum atomic E-state index is 13.4. The summed E-state index contributed by atoms with van der Waals surface area (Å²) in [5.41, 5.74) is 1.60. The average molecular weight is 223 g/mol. The Morgan fingerprint density at radius 2 is 2.25 bits per heavy atom. The van der Waals surface area contributed by atoms with Gasteiger partial charge in [-0.25, -0.2) is 4.39 Å². The number of hydrogen-bond acceptors (Lipinski definition) is 2. The van der Waals surface area contributed by atoms with Crippen molar-refractivity contribution in [2.45, 2.75) is 32.4 Å². The first-order valence-electron chi connectivity index (χ1n) is 5.78. The van der Waals surface area contributed by atoms with Crippen molar-refractivity contribution in [2.24, 2.45) is 0 Å². The third-order valence-electron chi connectivity index (χ3n) is 3.09. The van der Waals surface area contributed by atoms with Gasteiger partial charge in [0.2, 0.25) is 0 Å². The Balaban J connectivity index is 2.13. The molecule has 0 amide bonds. The first kappa shape index (κ1) is 11.6. The first-order valence-corrected chi connectivity index (χ1v) is 5.78. The lowest BCUT2D eigenvalue weighted by Gasteiger charge is -2.16. The first-order chi connectivity index (χ1) is 7.66. The van der Waals surface area contributed by atoms with Gasteiger partial charge in [0, 0.05) is 19.2 Å². The number of hydrogen-bond donors (Lipinski definition) is 1. The van der Waals surface area contributed by atoms with E-state index in [0.29, 0.717) is 11.6 Å². The molecule has 1 fully saturated rings. The zero-order chi connectivity index (χ0) is 11.5. The minimum atomic E-state index is -0.154. The van der Waals surface area contributed by atoms with E-state index >= 15 is 0 Å². The van der Waals surface area contributed by atoms with E-state index in [1.165, 1.54) is 0 Å². The van der Waals surface area contributed by atoms with Crippen LogP contribution in [0.1, 0.15) is 30.6 Å². The van der Waals surface area contributed by atoms with Crippen molar-refractivity contribution in [3.8, 4) is 0 Å². The second kappa shape index (κ2) is 4.93. The van der Waals surface area contributed by atoms with Crippen LogP contribution in [0.25, 0.3) is 0 Å². The molecular weight excluding hydrogens is 205 g/mol. The van der Waals surface area contributed by atoms with Gasteiger partial charge in [-0.3, -0.25) is 0 Å². The predicted octanol–water partition coefficient (Wildman–Crippen LogP) is 2.57. The number of halogens is 1. The summed E-state index contributed by atoms with van der Waals surface area (Å²) >= 11 is 0. The molecule has 1 aliphatic heterocycles. The molecule has 0 aliphatic carbocycles. The highest BCUT2D eigenvalue weighted by Gasteiger charge is 2.18. The van der Waals surface area contributed by atoms with E-state index in [1.807, 2.05) is 12.1 Å². The van der Waals surface area contributed by atoms with Gasteiger partial charge in [0.1, 0.15) is 5.82 Å². The molecule has 3 heteroatoms. The molecule has 16 heavy (non-hydrogen) atoms. The topological polar surface area (TPSA) is 21.3 Å². The molecule has 2 unspecified atom stereocenters. The summed E-state index contributed by atoms with van der Waals surface area (Å²) in [7, 11) is 0. The number of rotatable bonds is 1. The number of ether oxygens (including phenoxy) is 1. The zero-order valence-electron chi connectivity index (χ0n) is 9.79. The molecule has 0 radical (unpaired) electrons. The van der Waals surface area contributed by atoms with Gasteiger partial charge in [0.25, 0.3) is 0 Å². The molecule has 1 aliphatic rings. The van der Waals surface area contributed by atoms with Crippen LogP contribution in [-0.2, 0) is 4.74 Å². The van der Waals surface area contributed by atoms with Crippen LogP contribution in [0.4, 0.5) is 4.39 Å². The second-order valence-corrected chi connectivity index (χ2v) is 4.47. The summed E-state index contributed by atoms with van der Waals surface area (Å²) in [6, 6.07) is 5.81. The fraction of sp³-hybridized carbons (Fsp3) is 0.538. The molecular formula is C13H18FNO. The van der Waals surface area contributed by atoms with Gasteiger partial charge in [-0.2, -0.15) is 0 Å². The standard InChI is InChI=1S/C13H18FNO/c1-9-3-4-11(7-12(9)14)13-8-15-10(2)5-6-16-13/h3-4,7,10,13,15H,5-6,8H2,1-2H3. The quantitative estimate of drug-likeness (QED) is 0.790. The van der Waals surface area contributed by atoms with Crippen molar-refractivity contribution >= 4 is 0 Å². The van der Waals surface area contributed by atoms with Crippen LogP contribution in [0.3, 0.4) is 0 Å². The molecule has 2 atom stereocenters. The van der Waals surface area contributed by atoms with Gasteiger partial charge in [-0.15, -0.1) is 0 Å². The molecule has 0 spiro atoms. The van der Waals surface area contributed by atoms with Crippen molar-refractivity contribution in [1.29, 1.82) is 0 Å². The van der Waals surface area contributed by atoms with Crippen LogP contribution in [-0.4, -0.2) is 19.2 Å². The van der Waals surface area contributed by atoms with Crippen LogP contribution < -0.4 is 5.32 Å². The van der Waals surface area contributed by atoms with E-state index in [0.717, 1.165) is 25.1 Å². The summed E-state index contributed by atoms with van der Waals surface area (Å²) in [6.45, 7) is 5.40. The third-order valence-corrected chi connectivity index (χ3v) is 3.09. The van der Waals surface area contributed by atoms with Crippen LogP contribution in [0.5, 0.6) is 0 Å². The maximum Gasteiger partial charge on any atom is 0.126 e. The lowest BCUT2D eigenvalue weighted by Crippen LogP contribution is -2.27. The molecule has 1 heterocycles. The lowest BCUT2D eigenvalue weighted by atomic mass is 10.1. The summed E-state index contributed by atoms with van der Waals surface area (Å²) in [5.74, 6) is -0.154. The van der Waals surface area contributed by atoms with E-state index in [4.69, 9.17) is 4.74 Å². The fourth-order valence-electron chi connectivity index (χ4n) is 1.88. The van der Waals surface area contributed by atoms with Gasteiger partial charge >= 0.3 is 0 Å². The SMILES string of the molecule is Cc1ccc(C2CNC(C)CCO2)cc1F. The molecule has 2 rings (SSSR count). The largest absolute Gasteiger partial charge is 0.372 e. The normalized spacial score (nSPS) is 26.4. The number of aryl methyl sites for hydroxylation is 1. The van der Waals surface area contributed by atoms with Crippen molar-refractivity contribution in [3.63, 3.8) is 0 Å². The van der Waals surface area contributed by atoms with E-state index in [1.54, 1.807) is 13.0 Å². The molecule has 0 aromatic heterocycles. The minimum Gasteiger partial charge on any atom is -0.372 e. The van der Waals surface area contributed by atoms with Crippen LogP contribution >= 0.6 is 0 Å². The summed E-state index contributed by atoms with van der Waals surface area (Å²) < 4.78 is 19.2. The van der Waals surface area contributed by atoms with E-state index in [9.17, 15) is 4.39 Å². The molecule has 1 aromatic rings. The number of nitrogens with one attached hydrogen (secondary N) is 1. The minimum absolute atomic E-state index is 0.0277. The van der Waals surface area contributed by atoms with Gasteiger partial charge < -0.3 is 10.1 Å². The summed E-state index contributed by atoms with van der Waals surface area (Å²) in [5, 5.41) is 3.38. The van der Waals surface area contributed by atoms with Crippen LogP contribution in [0.15, 0.2) is 18.2 Å². The van der Waals surface area contributed by atoms with Crippen molar-refractivity contribution in [3.05, 3.63) is 35.1 Å². The molecule has 1 N–H and O–H groups in total. The lowest BCUT2D eigenvalue weighted by molar-refractivity contribution is 0.0662. The monoisotopic (exact) mass is 223 g/mol. The van der Waals surface area contributed by atoms with E-state index in [-0.39, 0.29) is 11.9 Å². The van der Waals surface area contributed by atoms with Gasteiger partial charge in [0.15, 0.2) is 0 Å². The van der Waals surface area contributed by atoms with Crippen LogP contribution in [0.2, 0.25) is 0 Å². The van der Waals surface area contributed by atoms with Crippen molar-refractivity contribution in [1.82, 2.24) is 5.32 Å². The van der Waals surface area contributed by atoms with E-state index in [2.05, 4.69) is 12.2 Å². The Labute approximate surface area is 95.8 Å². The molecule has 1 saturated heterocycles. The molecule has 0 bridgehead atoms. The molecule has 0 saturated carbocycles. The predicted molar refractivity (Wildman–Crippen MR) is 61.9 cm³/mol. The Hall–Kier alpha value is -0.930. The summed E-state index contributed by atoms with van der Waals surface area (Å²) in [6.07, 6.45) is 0.977. The zero-order valence-corrected chi connectivity index (χ0v) is 9.79. The van der Waals surface area contributed by atoms with Gasteiger partial charge in [-0.1, -0.05) is 12.1 Å². The van der Waals surface area contributed by atoms with Gasteiger partial charge in [0.05, 0.1) is 6.10 Å². The Kier molecular flexibility index (Phi) is 3.56. The van der Waals surface area contributed by atoms with Crippen molar-refractivity contribution in [2.75, 3.05) is 13.2 Å². The highest BCUT2D eigenvalue weighted by molar-refractivity contribution is 5.25. The molecule has 2 nitrogen and oxygen atoms in total. The van der Waals surface area contributed by atoms with Crippen LogP contribution in [0, 0.1) is 12.7 Å². The highest BCUT2D eigenvalue weighted by Crippen LogP contribution is 2.21. The van der Waals surface area contributed by atoms with E-state index < -0.39 is 0 Å². The highest BCUT2D eigenvalue weighted by atomic mass is 19.1. The Morgan fingerprint density at radius 1 is 1.44 bits per heavy atom.